The van der Waals surface area contributed by atoms with Gasteiger partial charge in [-0.25, -0.2) is 22.4 Å². The summed E-state index contributed by atoms with van der Waals surface area (Å²) < 4.78 is 56.8. The highest BCUT2D eigenvalue weighted by Gasteiger charge is 2.44. The van der Waals surface area contributed by atoms with Gasteiger partial charge in [0.1, 0.15) is 18.2 Å². The van der Waals surface area contributed by atoms with Gasteiger partial charge in [0.2, 0.25) is 5.91 Å². The van der Waals surface area contributed by atoms with Crippen LogP contribution in [0.5, 0.6) is 0 Å². The zero-order valence-electron chi connectivity index (χ0n) is 17.1. The van der Waals surface area contributed by atoms with E-state index in [1.807, 2.05) is 0 Å². The van der Waals surface area contributed by atoms with Crippen LogP contribution in [0.15, 0.2) is 30.3 Å². The van der Waals surface area contributed by atoms with Crippen LogP contribution >= 0.6 is 0 Å². The maximum Gasteiger partial charge on any atom is 0.322 e. The molecule has 166 valence electrons. The largest absolute Gasteiger partial charge is 0.333 e. The molecule has 2 unspecified atom stereocenters. The van der Waals surface area contributed by atoms with E-state index in [1.54, 1.807) is 13.0 Å². The Labute approximate surface area is 181 Å². The Bertz CT molecular complexity index is 1170. The van der Waals surface area contributed by atoms with Crippen LogP contribution in [0, 0.1) is 36.1 Å². The predicted molar refractivity (Wildman–Crippen MR) is 108 cm³/mol. The number of aryl methyl sites for hydroxylation is 1. The summed E-state index contributed by atoms with van der Waals surface area (Å²) in [6.07, 6.45) is 2.34. The first-order valence-corrected chi connectivity index (χ1v) is 10.2. The highest BCUT2D eigenvalue weighted by atomic mass is 19.2. The van der Waals surface area contributed by atoms with Crippen LogP contribution in [0.4, 0.5) is 28.0 Å². The lowest BCUT2D eigenvalue weighted by molar-refractivity contribution is -0.132. The van der Waals surface area contributed by atoms with Gasteiger partial charge in [0.25, 0.3) is 0 Å². The second-order valence-corrected chi connectivity index (χ2v) is 8.46. The Balaban J connectivity index is 1.36. The molecule has 2 aromatic carbocycles. The standard InChI is InChI=1S/C23H19F4N3O2/c1-11-4-16(25)21(17(26)5-11)13-6-12-7-19(13)30(8-12)20(31)10-29-9-14-18(28-23(29)32)3-2-15(24)22(14)27/h2-6,12,19H,7-10H2,1H3,(H,28,32). The van der Waals surface area contributed by atoms with Crippen LogP contribution in [0.3, 0.4) is 0 Å². The number of urea groups is 1. The molecule has 1 N–H and O–H groups in total. The molecular weight excluding hydrogens is 426 g/mol. The molecule has 2 bridgehead atoms. The number of fused-ring (bicyclic) bond motifs is 3. The molecule has 0 radical (unpaired) electrons. The van der Waals surface area contributed by atoms with Gasteiger partial charge < -0.3 is 15.1 Å². The highest BCUT2D eigenvalue weighted by molar-refractivity contribution is 5.95. The van der Waals surface area contributed by atoms with Crippen molar-refractivity contribution >= 4 is 23.2 Å². The minimum atomic E-state index is -1.07. The molecule has 3 aliphatic rings. The van der Waals surface area contributed by atoms with Crippen molar-refractivity contribution in [1.29, 1.82) is 0 Å². The van der Waals surface area contributed by atoms with E-state index in [9.17, 15) is 27.2 Å². The van der Waals surface area contributed by atoms with Crippen molar-refractivity contribution in [3.05, 3.63) is 70.3 Å². The van der Waals surface area contributed by atoms with Crippen molar-refractivity contribution in [2.75, 3.05) is 18.4 Å². The monoisotopic (exact) mass is 445 g/mol. The molecule has 0 saturated carbocycles. The number of amides is 3. The first-order chi connectivity index (χ1) is 15.2. The summed E-state index contributed by atoms with van der Waals surface area (Å²) in [5, 5.41) is 2.46. The van der Waals surface area contributed by atoms with Crippen LogP contribution < -0.4 is 5.32 Å². The Morgan fingerprint density at radius 2 is 1.84 bits per heavy atom. The van der Waals surface area contributed by atoms with Gasteiger partial charge in [-0.05, 0) is 54.7 Å². The normalized spacial score (nSPS) is 21.5. The van der Waals surface area contributed by atoms with Crippen LogP contribution in [0.25, 0.3) is 5.57 Å². The van der Waals surface area contributed by atoms with E-state index in [0.717, 1.165) is 11.0 Å². The van der Waals surface area contributed by atoms with Crippen LogP contribution in [0.2, 0.25) is 0 Å². The maximum atomic E-state index is 14.5. The second-order valence-electron chi connectivity index (χ2n) is 8.46. The summed E-state index contributed by atoms with van der Waals surface area (Å²) in [6, 6.07) is 3.58. The maximum absolute atomic E-state index is 14.5. The third-order valence-electron chi connectivity index (χ3n) is 6.30. The minimum Gasteiger partial charge on any atom is -0.333 e. The number of anilines is 1. The fourth-order valence-electron chi connectivity index (χ4n) is 4.85. The average molecular weight is 445 g/mol. The number of benzene rings is 2. The van der Waals surface area contributed by atoms with Crippen molar-refractivity contribution in [1.82, 2.24) is 9.80 Å². The topological polar surface area (TPSA) is 52.7 Å². The van der Waals surface area contributed by atoms with Gasteiger partial charge in [-0.15, -0.1) is 0 Å². The van der Waals surface area contributed by atoms with E-state index in [0.29, 0.717) is 24.1 Å². The summed E-state index contributed by atoms with van der Waals surface area (Å²) in [4.78, 5) is 28.0. The summed E-state index contributed by atoms with van der Waals surface area (Å²) in [5.41, 5.74) is 0.868. The third-order valence-corrected chi connectivity index (χ3v) is 6.30. The number of nitrogens with one attached hydrogen (secondary N) is 1. The van der Waals surface area contributed by atoms with Gasteiger partial charge in [0.05, 0.1) is 23.8 Å². The Morgan fingerprint density at radius 3 is 2.53 bits per heavy atom. The molecule has 2 heterocycles. The van der Waals surface area contributed by atoms with Crippen LogP contribution in [0.1, 0.15) is 23.1 Å². The molecule has 0 spiro atoms. The van der Waals surface area contributed by atoms with Crippen molar-refractivity contribution < 1.29 is 27.2 Å². The predicted octanol–water partition coefficient (Wildman–Crippen LogP) is 4.21. The van der Waals surface area contributed by atoms with Crippen molar-refractivity contribution in [2.45, 2.75) is 25.9 Å². The van der Waals surface area contributed by atoms with Gasteiger partial charge in [0, 0.05) is 12.1 Å². The number of carbonyl (C=O) groups excluding carboxylic acids is 2. The molecule has 0 aromatic heterocycles. The first-order valence-electron chi connectivity index (χ1n) is 10.2. The van der Waals surface area contributed by atoms with Crippen molar-refractivity contribution in [3.63, 3.8) is 0 Å². The molecular formula is C23H19F4N3O2. The first kappa shape index (κ1) is 20.5. The van der Waals surface area contributed by atoms with Gasteiger partial charge in [-0.1, -0.05) is 6.08 Å². The van der Waals surface area contributed by atoms with E-state index >= 15 is 0 Å². The van der Waals surface area contributed by atoms with E-state index in [4.69, 9.17) is 0 Å². The second kappa shape index (κ2) is 7.36. The summed E-state index contributed by atoms with van der Waals surface area (Å²) in [5.74, 6) is -3.94. The Hall–Kier alpha value is -3.36. The fourth-order valence-corrected chi connectivity index (χ4v) is 4.85. The van der Waals surface area contributed by atoms with Crippen molar-refractivity contribution in [3.8, 4) is 0 Å². The van der Waals surface area contributed by atoms with E-state index in [2.05, 4.69) is 5.32 Å². The number of hydrogen-bond acceptors (Lipinski definition) is 2. The van der Waals surface area contributed by atoms with Crippen molar-refractivity contribution in [2.24, 2.45) is 5.92 Å². The molecule has 9 heteroatoms. The lowest BCUT2D eigenvalue weighted by Gasteiger charge is -2.33. The smallest absolute Gasteiger partial charge is 0.322 e. The third kappa shape index (κ3) is 3.23. The van der Waals surface area contributed by atoms with Crippen LogP contribution in [-0.4, -0.2) is 40.9 Å². The number of likely N-dealkylation sites (tertiary alicyclic amines) is 1. The Morgan fingerprint density at radius 1 is 1.12 bits per heavy atom. The number of nitrogens with zero attached hydrogens (tertiary/aromatic N) is 2. The molecule has 2 aromatic rings. The number of hydrogen-bond donors (Lipinski definition) is 1. The summed E-state index contributed by atoms with van der Waals surface area (Å²) >= 11 is 0. The number of carbonyl (C=O) groups is 2. The molecule has 2 atom stereocenters. The quantitative estimate of drug-likeness (QED) is 0.720. The zero-order chi connectivity index (χ0) is 22.7. The lowest BCUT2D eigenvalue weighted by Crippen LogP contribution is -2.48. The molecule has 2 aliphatic heterocycles. The number of rotatable bonds is 3. The molecule has 32 heavy (non-hydrogen) atoms. The molecule has 5 nitrogen and oxygen atoms in total. The average Bonchev–Trinajstić information content (AvgIpc) is 3.32. The summed E-state index contributed by atoms with van der Waals surface area (Å²) in [6.45, 7) is 1.34. The highest BCUT2D eigenvalue weighted by Crippen LogP contribution is 2.43. The molecule has 3 amide bonds. The molecule has 5 rings (SSSR count). The van der Waals surface area contributed by atoms with E-state index in [-0.39, 0.29) is 35.8 Å². The zero-order valence-corrected chi connectivity index (χ0v) is 17.1. The van der Waals surface area contributed by atoms with Gasteiger partial charge in [-0.3, -0.25) is 4.79 Å². The SMILES string of the molecule is Cc1cc(F)c(C2=CC3CC2N(C(=O)CN2Cc4c(ccc(F)c4F)NC2=O)C3)c(F)c1. The van der Waals surface area contributed by atoms with E-state index in [1.165, 1.54) is 23.1 Å². The fraction of sp³-hybridized carbons (Fsp3) is 0.304. The Kier molecular flexibility index (Phi) is 4.72. The molecule has 1 fully saturated rings. The molecule has 1 aliphatic carbocycles. The van der Waals surface area contributed by atoms with Gasteiger partial charge in [-0.2, -0.15) is 0 Å². The van der Waals surface area contributed by atoms with Gasteiger partial charge in [0.15, 0.2) is 11.6 Å². The van der Waals surface area contributed by atoms with E-state index < -0.39 is 41.2 Å². The van der Waals surface area contributed by atoms with Crippen LogP contribution in [-0.2, 0) is 11.3 Å². The molecule has 1 saturated heterocycles. The number of halogens is 4. The summed E-state index contributed by atoms with van der Waals surface area (Å²) in [7, 11) is 0. The minimum absolute atomic E-state index is 0.0373. The van der Waals surface area contributed by atoms with Gasteiger partial charge >= 0.3 is 6.03 Å². The lowest BCUT2D eigenvalue weighted by atomic mass is 9.97.